The standard InChI is InChI=1S/C46H84N8O12S4/c1-8-13-34(65-27-21-49-43(60)37(29-67)51-32(3)55)17-24-63-23-12-16-41(58)53-36(45(62)54-39(42(47)59)31-69-70-46(5,6)7)15-10-11-20-48-40(57)19-26-64-25-18-35(14-9-2)66-28-22-50-44(61)38(30-68)52-33(4)56/h18,34,36-39,67-68H,8-17,19-31H2,1-7H3,(H2,47,59)(H,48,57)(H,49,60)(H,50,61)(H,51,55)(H,52,56)(H,53,58)(H,54,62)/b35-18-. The number of carbonyl (C=O) groups excluding carboxylic acids is 8. The summed E-state index contributed by atoms with van der Waals surface area (Å²) >= 11 is 8.23. The van der Waals surface area contributed by atoms with Crippen LogP contribution in [0.4, 0.5) is 0 Å². The summed E-state index contributed by atoms with van der Waals surface area (Å²) in [6.45, 7) is 15.3. The summed E-state index contributed by atoms with van der Waals surface area (Å²) in [5.74, 6) is -1.80. The van der Waals surface area contributed by atoms with Crippen LogP contribution in [0, 0.1) is 0 Å². The molecule has 70 heavy (non-hydrogen) atoms. The van der Waals surface area contributed by atoms with Crippen LogP contribution < -0.4 is 43.0 Å². The lowest BCUT2D eigenvalue weighted by Gasteiger charge is -2.23. The molecule has 20 nitrogen and oxygen atoms in total. The van der Waals surface area contributed by atoms with Gasteiger partial charge in [-0.1, -0.05) is 62.6 Å². The molecule has 24 heteroatoms. The zero-order valence-corrected chi connectivity index (χ0v) is 45.8. The van der Waals surface area contributed by atoms with Crippen molar-refractivity contribution in [2.75, 3.05) is 76.5 Å². The summed E-state index contributed by atoms with van der Waals surface area (Å²) in [4.78, 5) is 98.6. The van der Waals surface area contributed by atoms with Gasteiger partial charge in [0.1, 0.15) is 30.8 Å². The minimum atomic E-state index is -0.948. The molecular formula is C46H84N8O12S4. The van der Waals surface area contributed by atoms with Crippen LogP contribution in [-0.2, 0) is 57.3 Å². The van der Waals surface area contributed by atoms with E-state index in [1.54, 1.807) is 16.9 Å². The molecule has 0 saturated heterocycles. The van der Waals surface area contributed by atoms with Gasteiger partial charge < -0.3 is 61.9 Å². The zero-order valence-electron chi connectivity index (χ0n) is 42.4. The average Bonchev–Trinajstić information content (AvgIpc) is 3.29. The van der Waals surface area contributed by atoms with E-state index in [1.165, 1.54) is 24.6 Å². The molecule has 8 amide bonds. The maximum absolute atomic E-state index is 13.5. The Labute approximate surface area is 434 Å². The number of nitrogens with two attached hydrogens (primary N) is 1. The molecule has 0 rings (SSSR count). The first kappa shape index (κ1) is 66.6. The fraction of sp³-hybridized carbons (Fsp3) is 0.783. The van der Waals surface area contributed by atoms with Crippen molar-refractivity contribution in [2.24, 2.45) is 5.73 Å². The van der Waals surface area contributed by atoms with Gasteiger partial charge >= 0.3 is 0 Å². The van der Waals surface area contributed by atoms with Gasteiger partial charge in [-0.05, 0) is 51.0 Å². The normalized spacial score (nSPS) is 13.7. The predicted octanol–water partition coefficient (Wildman–Crippen LogP) is 2.49. The van der Waals surface area contributed by atoms with Crippen molar-refractivity contribution in [3.05, 3.63) is 11.8 Å². The highest BCUT2D eigenvalue weighted by Gasteiger charge is 2.27. The number of primary amides is 1. The molecule has 0 aliphatic carbocycles. The number of nitrogens with one attached hydrogen (secondary N) is 7. The molecule has 0 fully saturated rings. The van der Waals surface area contributed by atoms with Crippen molar-refractivity contribution in [1.29, 1.82) is 0 Å². The van der Waals surface area contributed by atoms with E-state index in [0.717, 1.165) is 19.3 Å². The molecule has 0 aromatic heterocycles. The highest BCUT2D eigenvalue weighted by Crippen LogP contribution is 2.35. The third kappa shape index (κ3) is 36.5. The number of amides is 8. The number of hydrogen-bond donors (Lipinski definition) is 10. The second kappa shape index (κ2) is 41.1. The molecule has 0 spiro atoms. The van der Waals surface area contributed by atoms with Crippen molar-refractivity contribution in [3.63, 3.8) is 0 Å². The molecule has 9 N–H and O–H groups in total. The zero-order chi connectivity index (χ0) is 52.7. The predicted molar refractivity (Wildman–Crippen MR) is 282 cm³/mol. The molecule has 0 aromatic rings. The Morgan fingerprint density at radius 1 is 0.614 bits per heavy atom. The number of thiol groups is 2. The second-order valence-electron chi connectivity index (χ2n) is 17.2. The molecule has 0 heterocycles. The topological polar surface area (TPSA) is 284 Å². The van der Waals surface area contributed by atoms with Crippen molar-refractivity contribution in [1.82, 2.24) is 37.2 Å². The quantitative estimate of drug-likeness (QED) is 0.0182. The summed E-state index contributed by atoms with van der Waals surface area (Å²) in [5.41, 5.74) is 5.65. The lowest BCUT2D eigenvalue weighted by Crippen LogP contribution is -2.53. The first-order valence-corrected chi connectivity index (χ1v) is 27.7. The van der Waals surface area contributed by atoms with Crippen LogP contribution in [0.25, 0.3) is 0 Å². The highest BCUT2D eigenvalue weighted by molar-refractivity contribution is 8.77. The summed E-state index contributed by atoms with van der Waals surface area (Å²) in [5, 5.41) is 18.9. The smallest absolute Gasteiger partial charge is 0.243 e. The molecular weight excluding hydrogens is 985 g/mol. The summed E-state index contributed by atoms with van der Waals surface area (Å²) in [6, 6.07) is -3.35. The van der Waals surface area contributed by atoms with Gasteiger partial charge in [0.05, 0.1) is 38.2 Å². The summed E-state index contributed by atoms with van der Waals surface area (Å²) < 4.78 is 23.1. The van der Waals surface area contributed by atoms with Crippen molar-refractivity contribution in [3.8, 4) is 0 Å². The number of hydrogen-bond acceptors (Lipinski definition) is 16. The fourth-order valence-corrected chi connectivity index (χ4v) is 9.11. The van der Waals surface area contributed by atoms with Gasteiger partial charge in [-0.3, -0.25) is 38.4 Å². The van der Waals surface area contributed by atoms with E-state index in [1.807, 2.05) is 34.6 Å². The molecule has 0 saturated carbocycles. The summed E-state index contributed by atoms with van der Waals surface area (Å²) in [7, 11) is 2.98. The average molecular weight is 1070 g/mol. The van der Waals surface area contributed by atoms with E-state index < -0.39 is 36.0 Å². The Balaban J connectivity index is 4.99. The van der Waals surface area contributed by atoms with Gasteiger partial charge in [0.25, 0.3) is 0 Å². The first-order chi connectivity index (χ1) is 33.3. The molecule has 0 aromatic carbocycles. The first-order valence-electron chi connectivity index (χ1n) is 24.1. The van der Waals surface area contributed by atoms with E-state index >= 15 is 0 Å². The second-order valence-corrected chi connectivity index (χ2v) is 21.1. The van der Waals surface area contributed by atoms with E-state index in [-0.39, 0.29) is 122 Å². The van der Waals surface area contributed by atoms with E-state index in [2.05, 4.69) is 62.5 Å². The SMILES string of the molecule is CCC/C(=C/COCCC(=O)NCCCCC(NC(=O)CCCOCCC(CCC)OCCNC(=O)C(CS)NC(C)=O)C(=O)NC(CSSC(C)(C)C)C(N)=O)OCCNC(=O)C(CS)NC(C)=O. The third-order valence-corrected chi connectivity index (χ3v) is 13.7. The number of rotatable bonds is 42. The van der Waals surface area contributed by atoms with Gasteiger partial charge in [-0.2, -0.15) is 25.3 Å². The minimum absolute atomic E-state index is 0.0813. The van der Waals surface area contributed by atoms with E-state index in [9.17, 15) is 38.4 Å². The number of carbonyl (C=O) groups is 8. The van der Waals surface area contributed by atoms with E-state index in [0.29, 0.717) is 57.6 Å². The number of unbranched alkanes of at least 4 members (excludes halogenated alkanes) is 1. The molecule has 0 aliphatic heterocycles. The van der Waals surface area contributed by atoms with Crippen LogP contribution in [0.5, 0.6) is 0 Å². The molecule has 5 unspecified atom stereocenters. The fourth-order valence-electron chi connectivity index (χ4n) is 6.12. The van der Waals surface area contributed by atoms with Crippen LogP contribution in [0.2, 0.25) is 0 Å². The minimum Gasteiger partial charge on any atom is -0.496 e. The lowest BCUT2D eigenvalue weighted by atomic mass is 10.1. The van der Waals surface area contributed by atoms with Gasteiger partial charge in [0.2, 0.25) is 47.3 Å². The Morgan fingerprint density at radius 3 is 1.83 bits per heavy atom. The molecule has 0 aliphatic rings. The monoisotopic (exact) mass is 1070 g/mol. The third-order valence-electron chi connectivity index (χ3n) is 9.58. The van der Waals surface area contributed by atoms with Gasteiger partial charge in [-0.15, -0.1) is 0 Å². The van der Waals surface area contributed by atoms with Gasteiger partial charge in [0, 0.05) is 81.4 Å². The summed E-state index contributed by atoms with van der Waals surface area (Å²) in [6.07, 6.45) is 7.39. The Hall–Kier alpha value is -3.42. The van der Waals surface area contributed by atoms with E-state index in [4.69, 9.17) is 24.7 Å². The number of allylic oxidation sites excluding steroid dienone is 1. The molecule has 404 valence electrons. The molecule has 0 radical (unpaired) electrons. The Morgan fingerprint density at radius 2 is 1.26 bits per heavy atom. The largest absolute Gasteiger partial charge is 0.496 e. The highest BCUT2D eigenvalue weighted by atomic mass is 33.1. The van der Waals surface area contributed by atoms with Crippen LogP contribution >= 0.6 is 46.8 Å². The maximum Gasteiger partial charge on any atom is 0.243 e. The van der Waals surface area contributed by atoms with Crippen molar-refractivity contribution < 1.29 is 57.3 Å². The van der Waals surface area contributed by atoms with Gasteiger partial charge in [-0.25, -0.2) is 0 Å². The van der Waals surface area contributed by atoms with Gasteiger partial charge in [0.15, 0.2) is 0 Å². The van der Waals surface area contributed by atoms with Crippen molar-refractivity contribution >= 4 is 94.1 Å². The van der Waals surface area contributed by atoms with Crippen LogP contribution in [0.15, 0.2) is 11.8 Å². The van der Waals surface area contributed by atoms with Crippen LogP contribution in [0.1, 0.15) is 119 Å². The molecule has 0 bridgehead atoms. The Bertz CT molecular complexity index is 1590. The lowest BCUT2D eigenvalue weighted by molar-refractivity contribution is -0.131. The van der Waals surface area contributed by atoms with Crippen molar-refractivity contribution in [2.45, 2.75) is 154 Å². The maximum atomic E-state index is 13.5. The van der Waals surface area contributed by atoms with Crippen LogP contribution in [0.3, 0.4) is 0 Å². The molecule has 5 atom stereocenters. The Kier molecular flexibility index (Phi) is 39.1. The van der Waals surface area contributed by atoms with Crippen LogP contribution in [-0.4, -0.2) is 159 Å². The number of ether oxygens (including phenoxy) is 4.